The van der Waals surface area contributed by atoms with Gasteiger partial charge in [0.2, 0.25) is 0 Å². The Hall–Kier alpha value is -6.29. The van der Waals surface area contributed by atoms with Crippen LogP contribution in [-0.2, 0) is 62.0 Å². The summed E-state index contributed by atoms with van der Waals surface area (Å²) < 4.78 is 33.9. The maximum absolute atomic E-state index is 12.7. The van der Waals surface area contributed by atoms with Crippen molar-refractivity contribution < 1.29 is 118 Å². The van der Waals surface area contributed by atoms with Crippen LogP contribution in [0.3, 0.4) is 0 Å². The highest BCUT2D eigenvalue weighted by molar-refractivity contribution is 5.92. The average molecular weight is 1850 g/mol. The number of rotatable bonds is 26. The molecule has 0 amide bonds. The van der Waals surface area contributed by atoms with Crippen molar-refractivity contribution in [3.8, 4) is 0 Å². The Kier molecular flexibility index (Phi) is 33.5. The summed E-state index contributed by atoms with van der Waals surface area (Å²) in [5.74, 6) is -0.229. The SMILES string of the molecule is C=C(CC[C@@H](C)[C@H]1CC=C2C3=C(C(O)C(OC(C)=O)C21C)C1(C)CC(O)C(OC(=O)CCC(O)O)C(C)(C)C1CC3)C(C)C.C=C(CC[C@@H](C)[C@H]1CC=C2C3=C(C(O)C(OC(C)=O)C21C)C1(C)CC(OC(=O)CCC(O)O)C(O)C(C)(C)C1CC3)C(C)C.C=C(CC[C@@H](C)[C@H]1CC=C2C3=C([C@@H](O)[C@H](OC(C)=O)C21C)C1(C)C[C@@H](O)[C@H](O)C(C)(C)[C@@H]1CC3)C(C)C.O=C1CCC(=O)O1. The summed E-state index contributed by atoms with van der Waals surface area (Å²) in [6.07, 6.45) is 7.41. The molecule has 1 aliphatic heterocycles. The highest BCUT2D eigenvalue weighted by Crippen LogP contribution is 2.72. The second-order valence-corrected chi connectivity index (χ2v) is 46.3. The molecular formula is C108H166O24. The number of hydrogen-bond acceptors (Lipinski definition) is 24. The van der Waals surface area contributed by atoms with Crippen molar-refractivity contribution in [1.82, 2.24) is 0 Å². The van der Waals surface area contributed by atoms with Gasteiger partial charge in [0.05, 0.1) is 50.1 Å². The quantitative estimate of drug-likeness (QED) is 0.0126. The number of fused-ring (bicyclic) bond motifs is 12. The number of ether oxygens (including phenoxy) is 6. The highest BCUT2D eigenvalue weighted by Gasteiger charge is 2.70. The lowest BCUT2D eigenvalue weighted by molar-refractivity contribution is -0.198. The van der Waals surface area contributed by atoms with Crippen molar-refractivity contribution >= 4 is 41.8 Å². The van der Waals surface area contributed by atoms with Crippen LogP contribution in [0.1, 0.15) is 320 Å². The minimum atomic E-state index is -1.62. The summed E-state index contributed by atoms with van der Waals surface area (Å²) in [5, 5.41) is 118. The van der Waals surface area contributed by atoms with Crippen molar-refractivity contribution in [2.45, 2.75) is 406 Å². The Morgan fingerprint density at radius 1 is 0.386 bits per heavy atom. The predicted octanol–water partition coefficient (Wildman–Crippen LogP) is 16.3. The van der Waals surface area contributed by atoms with E-state index in [-0.39, 0.29) is 86.4 Å². The van der Waals surface area contributed by atoms with E-state index >= 15 is 0 Å². The molecule has 13 aliphatic rings. The zero-order valence-electron chi connectivity index (χ0n) is 84.1. The Morgan fingerprint density at radius 2 is 0.682 bits per heavy atom. The maximum atomic E-state index is 12.7. The van der Waals surface area contributed by atoms with Crippen molar-refractivity contribution in [2.75, 3.05) is 0 Å². The lowest BCUT2D eigenvalue weighted by Gasteiger charge is -2.62. The summed E-state index contributed by atoms with van der Waals surface area (Å²) in [7, 11) is 0. The molecular weight excluding hydrogens is 1680 g/mol. The number of aliphatic hydroxyl groups is 11. The molecule has 12 aliphatic carbocycles. The van der Waals surface area contributed by atoms with E-state index in [2.05, 4.69) is 147 Å². The topological polar surface area (TPSA) is 397 Å². The molecule has 1 heterocycles. The van der Waals surface area contributed by atoms with Gasteiger partial charge in [-0.15, -0.1) is 0 Å². The first-order valence-corrected chi connectivity index (χ1v) is 49.6. The Morgan fingerprint density at radius 3 is 0.977 bits per heavy atom. The van der Waals surface area contributed by atoms with Crippen LogP contribution >= 0.6 is 0 Å². The number of carbonyl (C=O) groups is 7. The van der Waals surface area contributed by atoms with E-state index in [0.29, 0.717) is 48.3 Å². The Labute approximate surface area is 786 Å². The minimum Gasteiger partial charge on any atom is -0.460 e. The zero-order valence-corrected chi connectivity index (χ0v) is 84.1. The zero-order chi connectivity index (χ0) is 98.8. The second kappa shape index (κ2) is 41.0. The molecule has 0 aromatic rings. The van der Waals surface area contributed by atoms with Gasteiger partial charge in [-0.1, -0.05) is 200 Å². The van der Waals surface area contributed by atoms with E-state index in [0.717, 1.165) is 130 Å². The van der Waals surface area contributed by atoms with Crippen molar-refractivity contribution in [2.24, 2.45) is 120 Å². The smallest absolute Gasteiger partial charge is 0.314 e. The van der Waals surface area contributed by atoms with Gasteiger partial charge in [-0.3, -0.25) is 33.6 Å². The summed E-state index contributed by atoms with van der Waals surface area (Å²) in [6, 6.07) is 0. The van der Waals surface area contributed by atoms with Gasteiger partial charge in [0.1, 0.15) is 48.8 Å². The predicted molar refractivity (Wildman–Crippen MR) is 503 cm³/mol. The van der Waals surface area contributed by atoms with Gasteiger partial charge in [0.25, 0.3) is 0 Å². The molecule has 0 radical (unpaired) electrons. The largest absolute Gasteiger partial charge is 0.460 e. The molecule has 742 valence electrons. The maximum Gasteiger partial charge on any atom is 0.314 e. The number of carbonyl (C=O) groups excluding carboxylic acids is 7. The summed E-state index contributed by atoms with van der Waals surface area (Å²) in [5.41, 5.74) is 8.26. The van der Waals surface area contributed by atoms with Crippen molar-refractivity contribution in [3.05, 3.63) is 105 Å². The third kappa shape index (κ3) is 20.3. The van der Waals surface area contributed by atoms with Gasteiger partial charge in [-0.2, -0.15) is 0 Å². The van der Waals surface area contributed by atoms with Crippen LogP contribution in [0.15, 0.2) is 105 Å². The third-order valence-corrected chi connectivity index (χ3v) is 36.0. The van der Waals surface area contributed by atoms with Crippen LogP contribution in [0.2, 0.25) is 0 Å². The average Bonchev–Trinajstić information content (AvgIpc) is 1.35. The second-order valence-electron chi connectivity index (χ2n) is 46.3. The molecule has 0 aromatic carbocycles. The first-order valence-electron chi connectivity index (χ1n) is 49.6. The number of aliphatic hydroxyl groups excluding tert-OH is 9. The van der Waals surface area contributed by atoms with Gasteiger partial charge in [-0.25, -0.2) is 0 Å². The first-order chi connectivity index (χ1) is 61.1. The minimum absolute atomic E-state index is 0.0197. The standard InChI is InChI=1S/2C36H56O8.C32H50O5.C4H4O3/c1-19(2)20(3)10-11-21(4)24-13-14-25-23-12-15-27-34(6,7)32(42)26(44-29(40)17-16-28(38)39)18-35(27,8)30(23)31(41)33(36(24,25)9)43-22(5)37;1-19(2)20(3)10-11-21(4)24-13-14-25-23-12-15-27-34(6,7)32(44-29(41)17-16-28(39)40)26(38)18-35(27,8)30(23)31(42)33(36(24,25)9)43-22(5)37;1-17(2)18(3)10-11-19(4)22-13-14-23-21-12-15-25-30(6,7)28(36)24(34)16-31(25,8)26(21)27(35)29(32(22,23)9)37-20(5)33;5-3-1-2-4(6)7-3/h14,19,21,24,26-28,31-33,38-39,41-42H,3,10-13,15-18H2,1-2,4-9H3;14,19,21,24,26-28,31-33,38-40,42H,3,10-13,15-18H2,1-2,4-9H3;14,17,19,22,24-25,27-29,34-36H,3,10-13,15-16H2,1-2,4-9H3;1-2H2/t2*21-,24-,26?,27?,31?,32?,33?,35?,36?;19-,22-,24-,25+,27-,28+,29+,31?,32?;/m111./s1. The van der Waals surface area contributed by atoms with Gasteiger partial charge in [-0.05, 0) is 264 Å². The van der Waals surface area contributed by atoms with Crippen LogP contribution < -0.4 is 0 Å². The summed E-state index contributed by atoms with van der Waals surface area (Å²) in [6.45, 7) is 61.8. The van der Waals surface area contributed by atoms with Crippen LogP contribution in [0.5, 0.6) is 0 Å². The lowest BCUT2D eigenvalue weighted by atomic mass is 9.45. The van der Waals surface area contributed by atoms with Crippen molar-refractivity contribution in [1.29, 1.82) is 0 Å². The summed E-state index contributed by atoms with van der Waals surface area (Å²) >= 11 is 0. The molecule has 13 rings (SSSR count). The van der Waals surface area contributed by atoms with Gasteiger partial charge < -0.3 is 84.6 Å². The Bertz CT molecular complexity index is 4510. The van der Waals surface area contributed by atoms with E-state index in [1.807, 2.05) is 41.5 Å². The molecule has 3 saturated carbocycles. The van der Waals surface area contributed by atoms with Crippen LogP contribution in [-0.4, -0.2) is 184 Å². The van der Waals surface area contributed by atoms with Crippen molar-refractivity contribution in [3.63, 3.8) is 0 Å². The summed E-state index contributed by atoms with van der Waals surface area (Å²) in [4.78, 5) is 82.9. The van der Waals surface area contributed by atoms with E-state index in [9.17, 15) is 89.7 Å². The molecule has 11 N–H and O–H groups in total. The molecule has 24 heteroatoms. The Balaban J connectivity index is 0.000000198. The molecule has 1 saturated heterocycles. The number of esters is 7. The van der Waals surface area contributed by atoms with Crippen LogP contribution in [0.4, 0.5) is 0 Å². The third-order valence-electron chi connectivity index (χ3n) is 36.0. The van der Waals surface area contributed by atoms with Crippen LogP contribution in [0.25, 0.3) is 0 Å². The molecule has 27 atom stereocenters. The van der Waals surface area contributed by atoms with E-state index in [1.165, 1.54) is 54.2 Å². The molecule has 132 heavy (non-hydrogen) atoms. The fourth-order valence-electron chi connectivity index (χ4n) is 28.8. The fourth-order valence-corrected chi connectivity index (χ4v) is 28.8. The molecule has 24 nitrogen and oxygen atoms in total. The van der Waals surface area contributed by atoms with Gasteiger partial charge in [0, 0.05) is 55.3 Å². The van der Waals surface area contributed by atoms with E-state index in [4.69, 9.17) is 23.7 Å². The number of allylic oxidation sites excluding steroid dienone is 9. The lowest BCUT2D eigenvalue weighted by Crippen LogP contribution is -2.63. The normalized spacial score (nSPS) is 37.2. The van der Waals surface area contributed by atoms with Crippen LogP contribution in [0, 0.1) is 120 Å². The molecule has 0 spiro atoms. The highest BCUT2D eigenvalue weighted by atomic mass is 16.6. The molecule has 4 fully saturated rings. The van der Waals surface area contributed by atoms with Gasteiger partial charge >= 0.3 is 41.8 Å². The monoisotopic (exact) mass is 1850 g/mol. The van der Waals surface area contributed by atoms with E-state index < -0.39 is 170 Å². The first kappa shape index (κ1) is 108. The molecule has 16 unspecified atom stereocenters. The van der Waals surface area contributed by atoms with Gasteiger partial charge in [0.15, 0.2) is 12.6 Å². The number of hydrogen-bond donors (Lipinski definition) is 11. The fraction of sp³-hybridized carbons (Fsp3) is 0.769. The number of cyclic esters (lactones) is 2. The van der Waals surface area contributed by atoms with E-state index in [1.54, 1.807) is 0 Å². The molecule has 0 aromatic heterocycles. The molecule has 0 bridgehead atoms.